The SMILES string of the molecule is CN1CC(N=C2NC(=O)S/C2=C\C2CCN(Cc3ccc(C(F)(F)F)cc3C(F)(F)F)CC2)CC1=O. The number of likely N-dealkylation sites (N-methyl/N-ethyl adjacent to an activating group) is 1. The fourth-order valence-electron chi connectivity index (χ4n) is 4.54. The van der Waals surface area contributed by atoms with E-state index in [4.69, 9.17) is 0 Å². The van der Waals surface area contributed by atoms with Crippen molar-refractivity contribution in [3.05, 3.63) is 45.9 Å². The average molecular weight is 535 g/mol. The van der Waals surface area contributed by atoms with Gasteiger partial charge in [0.15, 0.2) is 0 Å². The van der Waals surface area contributed by atoms with Crippen molar-refractivity contribution < 1.29 is 35.9 Å². The van der Waals surface area contributed by atoms with Gasteiger partial charge < -0.3 is 10.2 Å². The molecule has 1 aromatic rings. The summed E-state index contributed by atoms with van der Waals surface area (Å²) in [6.45, 7) is 1.26. The number of carbonyl (C=O) groups is 2. The minimum Gasteiger partial charge on any atom is -0.344 e. The Morgan fingerprint density at radius 3 is 2.39 bits per heavy atom. The summed E-state index contributed by atoms with van der Waals surface area (Å²) >= 11 is 1.01. The third-order valence-corrected chi connectivity index (χ3v) is 7.28. The number of amidine groups is 1. The number of halogens is 6. The van der Waals surface area contributed by atoms with E-state index in [1.165, 1.54) is 0 Å². The molecule has 1 aromatic carbocycles. The van der Waals surface area contributed by atoms with E-state index in [0.717, 1.165) is 17.8 Å². The Balaban J connectivity index is 1.41. The minimum atomic E-state index is -4.90. The number of thioether (sulfide) groups is 1. The first kappa shape index (κ1) is 26.5. The lowest BCUT2D eigenvalue weighted by Crippen LogP contribution is -2.33. The van der Waals surface area contributed by atoms with Crippen LogP contribution in [0.1, 0.15) is 36.0 Å². The normalized spacial score (nSPS) is 24.9. The average Bonchev–Trinajstić information content (AvgIpc) is 3.28. The van der Waals surface area contributed by atoms with Crippen molar-refractivity contribution in [3.8, 4) is 0 Å². The molecule has 0 spiro atoms. The zero-order valence-corrected chi connectivity index (χ0v) is 20.1. The standard InChI is InChI=1S/C23H24F6N4O2S/c1-32-12-16(10-19(32)34)30-20-18(36-21(35)31-20)8-13-4-6-33(7-5-13)11-14-2-3-15(22(24,25)26)9-17(14)23(27,28)29/h2-3,8-9,13,16H,4-7,10-12H2,1H3,(H,30,31,35)/b18-8-. The van der Waals surface area contributed by atoms with E-state index in [1.54, 1.807) is 16.8 Å². The molecule has 36 heavy (non-hydrogen) atoms. The van der Waals surface area contributed by atoms with Gasteiger partial charge in [-0.25, -0.2) is 0 Å². The number of benzene rings is 1. The zero-order valence-electron chi connectivity index (χ0n) is 19.2. The Labute approximate surface area is 207 Å². The molecule has 2 amide bonds. The maximum atomic E-state index is 13.5. The summed E-state index contributed by atoms with van der Waals surface area (Å²) in [5.41, 5.74) is -2.79. The number of carbonyl (C=O) groups excluding carboxylic acids is 2. The molecular weight excluding hydrogens is 510 g/mol. The third-order valence-electron chi connectivity index (χ3n) is 6.44. The van der Waals surface area contributed by atoms with E-state index in [9.17, 15) is 35.9 Å². The fraction of sp³-hybridized carbons (Fsp3) is 0.522. The second kappa shape index (κ2) is 10.1. The van der Waals surface area contributed by atoms with Gasteiger partial charge in [0.05, 0.1) is 28.5 Å². The number of rotatable bonds is 4. The second-order valence-electron chi connectivity index (χ2n) is 9.14. The summed E-state index contributed by atoms with van der Waals surface area (Å²) in [7, 11) is 1.69. The highest BCUT2D eigenvalue weighted by atomic mass is 32.2. The minimum absolute atomic E-state index is 0.0130. The van der Waals surface area contributed by atoms with Gasteiger partial charge in [0.1, 0.15) is 5.84 Å². The Kier molecular flexibility index (Phi) is 7.42. The number of nitrogens with one attached hydrogen (secondary N) is 1. The number of nitrogens with zero attached hydrogens (tertiary/aromatic N) is 3. The molecule has 3 aliphatic heterocycles. The molecule has 3 heterocycles. The highest BCUT2D eigenvalue weighted by molar-refractivity contribution is 8.18. The predicted molar refractivity (Wildman–Crippen MR) is 122 cm³/mol. The van der Waals surface area contributed by atoms with Gasteiger partial charge in [-0.15, -0.1) is 0 Å². The van der Waals surface area contributed by atoms with Gasteiger partial charge in [-0.1, -0.05) is 12.1 Å². The van der Waals surface area contributed by atoms with E-state index in [-0.39, 0.29) is 47.7 Å². The summed E-state index contributed by atoms with van der Waals surface area (Å²) in [5, 5.41) is 2.44. The van der Waals surface area contributed by atoms with Gasteiger partial charge in [0.2, 0.25) is 5.91 Å². The number of alkyl halides is 6. The molecule has 1 atom stereocenters. The molecule has 196 valence electrons. The second-order valence-corrected chi connectivity index (χ2v) is 10.2. The van der Waals surface area contributed by atoms with Gasteiger partial charge in [0, 0.05) is 20.1 Å². The first-order valence-electron chi connectivity index (χ1n) is 11.3. The van der Waals surface area contributed by atoms with Gasteiger partial charge in [-0.05, 0) is 61.3 Å². The molecule has 0 radical (unpaired) electrons. The molecule has 3 aliphatic rings. The summed E-state index contributed by atoms with van der Waals surface area (Å²) in [6.07, 6.45) is -6.33. The molecule has 3 fully saturated rings. The lowest BCUT2D eigenvalue weighted by Gasteiger charge is -2.31. The molecule has 1 N–H and O–H groups in total. The van der Waals surface area contributed by atoms with Gasteiger partial charge in [-0.3, -0.25) is 19.5 Å². The summed E-state index contributed by atoms with van der Waals surface area (Å²) < 4.78 is 79.1. The van der Waals surface area contributed by atoms with Gasteiger partial charge in [0.25, 0.3) is 5.24 Å². The monoisotopic (exact) mass is 534 g/mol. The number of amides is 2. The van der Waals surface area contributed by atoms with Crippen LogP contribution in [-0.4, -0.2) is 59.5 Å². The number of likely N-dealkylation sites (tertiary alicyclic amines) is 2. The van der Waals surface area contributed by atoms with Crippen molar-refractivity contribution in [2.24, 2.45) is 10.9 Å². The molecule has 0 saturated carbocycles. The van der Waals surface area contributed by atoms with Crippen molar-refractivity contribution in [3.63, 3.8) is 0 Å². The molecule has 4 rings (SSSR count). The van der Waals surface area contributed by atoms with E-state index >= 15 is 0 Å². The van der Waals surface area contributed by atoms with Crippen LogP contribution in [0, 0.1) is 5.92 Å². The van der Waals surface area contributed by atoms with E-state index in [1.807, 2.05) is 6.08 Å². The first-order chi connectivity index (χ1) is 16.8. The highest BCUT2D eigenvalue weighted by Crippen LogP contribution is 2.38. The van der Waals surface area contributed by atoms with Crippen LogP contribution in [0.3, 0.4) is 0 Å². The van der Waals surface area contributed by atoms with Crippen molar-refractivity contribution in [2.45, 2.75) is 44.2 Å². The number of piperidine rings is 1. The molecule has 13 heteroatoms. The zero-order chi connectivity index (χ0) is 26.3. The smallest absolute Gasteiger partial charge is 0.344 e. The highest BCUT2D eigenvalue weighted by Gasteiger charge is 2.38. The summed E-state index contributed by atoms with van der Waals surface area (Å²) in [4.78, 5) is 32.3. The maximum absolute atomic E-state index is 13.5. The van der Waals surface area contributed by atoms with Crippen LogP contribution in [0.25, 0.3) is 0 Å². The molecule has 1 unspecified atom stereocenters. The number of aliphatic imine (C=N–C) groups is 1. The van der Waals surface area contributed by atoms with Crippen LogP contribution in [-0.2, 0) is 23.7 Å². The Morgan fingerprint density at radius 2 is 1.81 bits per heavy atom. The molecule has 6 nitrogen and oxygen atoms in total. The lowest BCUT2D eigenvalue weighted by molar-refractivity contribution is -0.143. The van der Waals surface area contributed by atoms with Crippen molar-refractivity contribution in [2.75, 3.05) is 26.7 Å². The molecule has 0 bridgehead atoms. The Morgan fingerprint density at radius 1 is 1.11 bits per heavy atom. The van der Waals surface area contributed by atoms with Crippen LogP contribution in [0.2, 0.25) is 0 Å². The molecule has 0 aliphatic carbocycles. The van der Waals surface area contributed by atoms with Crippen LogP contribution in [0.4, 0.5) is 31.1 Å². The number of allylic oxidation sites excluding steroid dienone is 1. The maximum Gasteiger partial charge on any atom is 0.416 e. The summed E-state index contributed by atoms with van der Waals surface area (Å²) in [6, 6.07) is 1.51. The number of hydrogen-bond donors (Lipinski definition) is 1. The van der Waals surface area contributed by atoms with Crippen LogP contribution < -0.4 is 5.32 Å². The van der Waals surface area contributed by atoms with E-state index < -0.39 is 23.5 Å². The topological polar surface area (TPSA) is 65.0 Å². The van der Waals surface area contributed by atoms with Crippen LogP contribution in [0.5, 0.6) is 0 Å². The van der Waals surface area contributed by atoms with Gasteiger partial charge in [-0.2, -0.15) is 26.3 Å². The Bertz CT molecular complexity index is 1090. The van der Waals surface area contributed by atoms with Crippen molar-refractivity contribution in [1.82, 2.24) is 15.1 Å². The first-order valence-corrected chi connectivity index (χ1v) is 12.1. The fourth-order valence-corrected chi connectivity index (χ4v) is 5.35. The van der Waals surface area contributed by atoms with Crippen molar-refractivity contribution in [1.29, 1.82) is 0 Å². The number of hydrogen-bond acceptors (Lipinski definition) is 5. The molecule has 3 saturated heterocycles. The Hall–Kier alpha value is -2.54. The van der Waals surface area contributed by atoms with E-state index in [2.05, 4.69) is 10.3 Å². The third kappa shape index (κ3) is 6.23. The molecule has 0 aromatic heterocycles. The van der Waals surface area contributed by atoms with Crippen molar-refractivity contribution >= 4 is 28.7 Å². The quantitative estimate of drug-likeness (QED) is 0.558. The van der Waals surface area contributed by atoms with Crippen LogP contribution >= 0.6 is 11.8 Å². The van der Waals surface area contributed by atoms with Gasteiger partial charge >= 0.3 is 12.4 Å². The van der Waals surface area contributed by atoms with E-state index in [0.29, 0.717) is 49.3 Å². The largest absolute Gasteiger partial charge is 0.416 e. The summed E-state index contributed by atoms with van der Waals surface area (Å²) in [5.74, 6) is 0.477. The molecular formula is C23H24F6N4O2S. The predicted octanol–water partition coefficient (Wildman–Crippen LogP) is 4.91. The van der Waals surface area contributed by atoms with Crippen LogP contribution in [0.15, 0.2) is 34.2 Å². The lowest BCUT2D eigenvalue weighted by atomic mass is 9.95.